The molecule has 0 heterocycles. The number of para-hydroxylation sites is 1. The molecule has 0 saturated heterocycles. The summed E-state index contributed by atoms with van der Waals surface area (Å²) in [6, 6.07) is 12.0. The van der Waals surface area contributed by atoms with E-state index in [-0.39, 0.29) is 0 Å². The number of aromatic hydroxyl groups is 1. The second-order valence-corrected chi connectivity index (χ2v) is 4.85. The van der Waals surface area contributed by atoms with E-state index in [1.807, 2.05) is 18.2 Å². The Balaban J connectivity index is 2.63. The summed E-state index contributed by atoms with van der Waals surface area (Å²) in [6.45, 7) is 6.61. The van der Waals surface area contributed by atoms with Gasteiger partial charge in [-0.25, -0.2) is 0 Å². The van der Waals surface area contributed by atoms with Crippen molar-refractivity contribution >= 4 is 0 Å². The van der Waals surface area contributed by atoms with Crippen LogP contribution >= 0.6 is 0 Å². The van der Waals surface area contributed by atoms with E-state index in [4.69, 9.17) is 0 Å². The molecule has 0 aromatic heterocycles. The van der Waals surface area contributed by atoms with Crippen LogP contribution in [-0.4, -0.2) is 5.11 Å². The Morgan fingerprint density at radius 1 is 0.842 bits per heavy atom. The maximum Gasteiger partial charge on any atom is 0.123 e. The van der Waals surface area contributed by atoms with Crippen molar-refractivity contribution < 1.29 is 5.11 Å². The fraction of sp³-hybridized carbons (Fsp3) is 0.333. The predicted octanol–water partition coefficient (Wildman–Crippen LogP) is 4.75. The zero-order valence-corrected chi connectivity index (χ0v) is 12.0. The largest absolute Gasteiger partial charge is 0.507 e. The van der Waals surface area contributed by atoms with Gasteiger partial charge in [-0.15, -0.1) is 0 Å². The van der Waals surface area contributed by atoms with Crippen LogP contribution in [0.15, 0.2) is 36.4 Å². The number of aryl methyl sites for hydroxylation is 2. The summed E-state index contributed by atoms with van der Waals surface area (Å²) in [7, 11) is 0. The summed E-state index contributed by atoms with van der Waals surface area (Å²) in [5.41, 5.74) is 6.34. The van der Waals surface area contributed by atoms with Gasteiger partial charge in [0.05, 0.1) is 0 Å². The number of rotatable bonds is 4. The van der Waals surface area contributed by atoms with Crippen LogP contribution in [0.25, 0.3) is 11.1 Å². The summed E-state index contributed by atoms with van der Waals surface area (Å²) >= 11 is 0. The maximum atomic E-state index is 10.0. The van der Waals surface area contributed by atoms with Crippen molar-refractivity contribution in [2.75, 3.05) is 0 Å². The predicted molar refractivity (Wildman–Crippen MR) is 81.7 cm³/mol. The van der Waals surface area contributed by atoms with Gasteiger partial charge in [0, 0.05) is 5.56 Å². The molecule has 0 bridgehead atoms. The van der Waals surface area contributed by atoms with Crippen molar-refractivity contribution in [3.05, 3.63) is 53.1 Å². The van der Waals surface area contributed by atoms with Crippen molar-refractivity contribution in [2.45, 2.75) is 40.0 Å². The van der Waals surface area contributed by atoms with Gasteiger partial charge in [-0.2, -0.15) is 0 Å². The first-order chi connectivity index (χ1) is 9.21. The Labute approximate surface area is 115 Å². The van der Waals surface area contributed by atoms with Crippen molar-refractivity contribution in [2.24, 2.45) is 0 Å². The molecule has 19 heavy (non-hydrogen) atoms. The minimum absolute atomic E-state index is 0.357. The van der Waals surface area contributed by atoms with E-state index in [9.17, 15) is 5.11 Å². The molecule has 0 radical (unpaired) electrons. The van der Waals surface area contributed by atoms with E-state index in [2.05, 4.69) is 32.9 Å². The molecule has 0 fully saturated rings. The van der Waals surface area contributed by atoms with Crippen LogP contribution in [0.1, 0.15) is 37.5 Å². The molecule has 1 heteroatoms. The Bertz CT molecular complexity index is 545. The third kappa shape index (κ3) is 2.65. The summed E-state index contributed by atoms with van der Waals surface area (Å²) in [6.07, 6.45) is 3.16. The minimum Gasteiger partial charge on any atom is -0.507 e. The molecule has 0 aliphatic carbocycles. The number of benzene rings is 2. The fourth-order valence-electron chi connectivity index (χ4n) is 2.76. The average Bonchev–Trinajstić information content (AvgIpc) is 2.46. The minimum atomic E-state index is 0.357. The van der Waals surface area contributed by atoms with Gasteiger partial charge < -0.3 is 5.11 Å². The van der Waals surface area contributed by atoms with Crippen LogP contribution in [0.2, 0.25) is 0 Å². The second kappa shape index (κ2) is 5.92. The van der Waals surface area contributed by atoms with Gasteiger partial charge in [-0.1, -0.05) is 51.1 Å². The highest BCUT2D eigenvalue weighted by Gasteiger charge is 2.10. The lowest BCUT2D eigenvalue weighted by molar-refractivity contribution is 0.477. The van der Waals surface area contributed by atoms with Crippen molar-refractivity contribution in [3.63, 3.8) is 0 Å². The molecule has 0 aliphatic heterocycles. The summed E-state index contributed by atoms with van der Waals surface area (Å²) in [4.78, 5) is 0. The van der Waals surface area contributed by atoms with E-state index >= 15 is 0 Å². The van der Waals surface area contributed by atoms with Gasteiger partial charge in [-0.05, 0) is 47.6 Å². The maximum absolute atomic E-state index is 10.0. The normalized spacial score (nSPS) is 10.7. The Morgan fingerprint density at radius 3 is 1.89 bits per heavy atom. The monoisotopic (exact) mass is 254 g/mol. The number of hydrogen-bond acceptors (Lipinski definition) is 1. The van der Waals surface area contributed by atoms with E-state index in [0.29, 0.717) is 5.75 Å². The molecule has 2 rings (SSSR count). The van der Waals surface area contributed by atoms with Gasteiger partial charge in [0.2, 0.25) is 0 Å². The molecule has 100 valence electrons. The lowest BCUT2D eigenvalue weighted by Gasteiger charge is -2.15. The van der Waals surface area contributed by atoms with E-state index in [1.54, 1.807) is 6.07 Å². The molecule has 0 atom stereocenters. The Morgan fingerprint density at radius 2 is 1.42 bits per heavy atom. The first kappa shape index (κ1) is 13.7. The SMILES string of the molecule is CCc1cc(-c2ccccc2O)cc(CC)c1CC. The van der Waals surface area contributed by atoms with Crippen LogP contribution in [0, 0.1) is 0 Å². The molecule has 1 N–H and O–H groups in total. The fourth-order valence-corrected chi connectivity index (χ4v) is 2.76. The molecule has 0 aliphatic rings. The quantitative estimate of drug-likeness (QED) is 0.835. The van der Waals surface area contributed by atoms with Crippen molar-refractivity contribution in [3.8, 4) is 16.9 Å². The van der Waals surface area contributed by atoms with Gasteiger partial charge in [-0.3, -0.25) is 0 Å². The van der Waals surface area contributed by atoms with Crippen LogP contribution < -0.4 is 0 Å². The molecule has 0 spiro atoms. The lowest BCUT2D eigenvalue weighted by Crippen LogP contribution is -1.99. The molecular weight excluding hydrogens is 232 g/mol. The third-order valence-electron chi connectivity index (χ3n) is 3.77. The second-order valence-electron chi connectivity index (χ2n) is 4.85. The highest BCUT2D eigenvalue weighted by atomic mass is 16.3. The van der Waals surface area contributed by atoms with Crippen LogP contribution in [0.4, 0.5) is 0 Å². The summed E-state index contributed by atoms with van der Waals surface area (Å²) in [5.74, 6) is 0.357. The zero-order valence-electron chi connectivity index (χ0n) is 12.0. The summed E-state index contributed by atoms with van der Waals surface area (Å²) < 4.78 is 0. The molecule has 1 nitrogen and oxygen atoms in total. The van der Waals surface area contributed by atoms with Crippen molar-refractivity contribution in [1.29, 1.82) is 0 Å². The molecule has 0 unspecified atom stereocenters. The van der Waals surface area contributed by atoms with Crippen LogP contribution in [-0.2, 0) is 19.3 Å². The summed E-state index contributed by atoms with van der Waals surface area (Å²) in [5, 5.41) is 10.0. The van der Waals surface area contributed by atoms with Crippen molar-refractivity contribution in [1.82, 2.24) is 0 Å². The Kier molecular flexibility index (Phi) is 4.26. The first-order valence-corrected chi connectivity index (χ1v) is 7.14. The lowest BCUT2D eigenvalue weighted by atomic mass is 9.90. The van der Waals surface area contributed by atoms with Crippen LogP contribution in [0.5, 0.6) is 5.75 Å². The topological polar surface area (TPSA) is 20.2 Å². The van der Waals surface area contributed by atoms with Crippen LogP contribution in [0.3, 0.4) is 0 Å². The number of phenols is 1. The number of phenolic OH excluding ortho intramolecular Hbond substituents is 1. The standard InChI is InChI=1S/C18H22O/c1-4-13-11-15(12-14(5-2)16(13)6-3)17-9-7-8-10-18(17)19/h7-12,19H,4-6H2,1-3H3. The molecule has 2 aromatic rings. The van der Waals surface area contributed by atoms with Gasteiger partial charge in [0.1, 0.15) is 5.75 Å². The van der Waals surface area contributed by atoms with Gasteiger partial charge in [0.15, 0.2) is 0 Å². The van der Waals surface area contributed by atoms with E-state index in [0.717, 1.165) is 30.4 Å². The molecule has 2 aromatic carbocycles. The Hall–Kier alpha value is -1.76. The molecular formula is C18H22O. The molecule has 0 amide bonds. The zero-order chi connectivity index (χ0) is 13.8. The number of hydrogen-bond donors (Lipinski definition) is 1. The third-order valence-corrected chi connectivity index (χ3v) is 3.77. The average molecular weight is 254 g/mol. The highest BCUT2D eigenvalue weighted by molar-refractivity contribution is 5.72. The first-order valence-electron chi connectivity index (χ1n) is 7.14. The van der Waals surface area contributed by atoms with E-state index < -0.39 is 0 Å². The van der Waals surface area contributed by atoms with Gasteiger partial charge >= 0.3 is 0 Å². The molecule has 0 saturated carbocycles. The smallest absolute Gasteiger partial charge is 0.123 e. The van der Waals surface area contributed by atoms with Gasteiger partial charge in [0.25, 0.3) is 0 Å². The van der Waals surface area contributed by atoms with E-state index in [1.165, 1.54) is 16.7 Å². The highest BCUT2D eigenvalue weighted by Crippen LogP contribution is 2.32.